The zero-order chi connectivity index (χ0) is 14.9. The zero-order valence-corrected chi connectivity index (χ0v) is 13.7. The number of thiophene rings is 1. The first-order valence-electron chi connectivity index (χ1n) is 7.05. The number of hydrogen-bond donors (Lipinski definition) is 1. The fourth-order valence-corrected chi connectivity index (χ4v) is 2.97. The second-order valence-corrected chi connectivity index (χ2v) is 6.69. The van der Waals surface area contributed by atoms with Gasteiger partial charge in [-0.3, -0.25) is 0 Å². The van der Waals surface area contributed by atoms with Crippen LogP contribution in [0.15, 0.2) is 17.5 Å². The van der Waals surface area contributed by atoms with E-state index < -0.39 is 0 Å². The zero-order valence-electron chi connectivity index (χ0n) is 12.9. The molecule has 0 saturated heterocycles. The van der Waals surface area contributed by atoms with Crippen molar-refractivity contribution in [3.8, 4) is 0 Å². The molecule has 4 nitrogen and oxygen atoms in total. The summed E-state index contributed by atoms with van der Waals surface area (Å²) >= 11 is 1.78. The minimum atomic E-state index is 0.297. The Kier molecular flexibility index (Phi) is 4.38. The first-order valence-corrected chi connectivity index (χ1v) is 7.93. The molecule has 0 aliphatic carbocycles. The van der Waals surface area contributed by atoms with E-state index in [-0.39, 0.29) is 0 Å². The van der Waals surface area contributed by atoms with Gasteiger partial charge in [-0.1, -0.05) is 6.07 Å². The molecule has 0 unspecified atom stereocenters. The van der Waals surface area contributed by atoms with Crippen molar-refractivity contribution in [3.63, 3.8) is 0 Å². The molecule has 2 N–H and O–H groups in total. The Morgan fingerprint density at radius 2 is 2.05 bits per heavy atom. The van der Waals surface area contributed by atoms with E-state index in [1.165, 1.54) is 4.88 Å². The lowest BCUT2D eigenvalue weighted by atomic mass is 10.2. The third-order valence-corrected chi connectivity index (χ3v) is 4.26. The van der Waals surface area contributed by atoms with Crippen molar-refractivity contribution in [3.05, 3.63) is 28.1 Å². The molecule has 2 rings (SSSR count). The van der Waals surface area contributed by atoms with Gasteiger partial charge in [-0.15, -0.1) is 11.3 Å². The van der Waals surface area contributed by atoms with Crippen LogP contribution in [0.2, 0.25) is 0 Å². The topological polar surface area (TPSA) is 47.1 Å². The average Bonchev–Trinajstić information content (AvgIpc) is 2.96. The van der Waals surface area contributed by atoms with Gasteiger partial charge in [0.25, 0.3) is 0 Å². The molecule has 0 fully saturated rings. The van der Waals surface area contributed by atoms with Crippen LogP contribution in [0.1, 0.15) is 44.3 Å². The van der Waals surface area contributed by atoms with E-state index in [4.69, 9.17) is 5.73 Å². The largest absolute Gasteiger partial charge is 0.394 e. The third kappa shape index (κ3) is 2.82. The Balaban J connectivity index is 2.43. The normalized spacial score (nSPS) is 11.6. The third-order valence-electron chi connectivity index (χ3n) is 3.40. The predicted octanol–water partition coefficient (Wildman–Crippen LogP) is 3.83. The van der Waals surface area contributed by atoms with Crippen molar-refractivity contribution in [2.45, 2.75) is 53.2 Å². The van der Waals surface area contributed by atoms with Gasteiger partial charge in [-0.05, 0) is 46.1 Å². The second kappa shape index (κ2) is 5.87. The van der Waals surface area contributed by atoms with E-state index in [2.05, 4.69) is 55.2 Å². The van der Waals surface area contributed by atoms with Crippen LogP contribution in [0, 0.1) is 6.92 Å². The quantitative estimate of drug-likeness (QED) is 0.911. The number of anilines is 2. The highest BCUT2D eigenvalue weighted by Gasteiger charge is 2.23. The molecule has 0 atom stereocenters. The lowest BCUT2D eigenvalue weighted by molar-refractivity contribution is 0.512. The van der Waals surface area contributed by atoms with Gasteiger partial charge in [0.15, 0.2) is 5.82 Å². The Hall–Kier alpha value is -1.49. The second-order valence-electron chi connectivity index (χ2n) is 5.66. The van der Waals surface area contributed by atoms with Gasteiger partial charge < -0.3 is 10.6 Å². The van der Waals surface area contributed by atoms with Gasteiger partial charge in [0.1, 0.15) is 0 Å². The van der Waals surface area contributed by atoms with Crippen LogP contribution in [0.4, 0.5) is 11.5 Å². The maximum absolute atomic E-state index is 6.29. The van der Waals surface area contributed by atoms with E-state index in [9.17, 15) is 0 Å². The number of nitrogens with two attached hydrogens (primary N) is 1. The smallest absolute Gasteiger partial charge is 0.151 e. The number of nitrogens with zero attached hydrogens (tertiary/aromatic N) is 3. The van der Waals surface area contributed by atoms with Crippen LogP contribution in [-0.4, -0.2) is 15.8 Å². The Labute approximate surface area is 125 Å². The molecule has 0 aromatic carbocycles. The molecule has 110 valence electrons. The summed E-state index contributed by atoms with van der Waals surface area (Å²) in [5, 5.41) is 6.71. The highest BCUT2D eigenvalue weighted by atomic mass is 32.1. The summed E-state index contributed by atoms with van der Waals surface area (Å²) in [5.74, 6) is 1.04. The summed E-state index contributed by atoms with van der Waals surface area (Å²) in [6.45, 7) is 11.5. The van der Waals surface area contributed by atoms with Crippen molar-refractivity contribution in [2.24, 2.45) is 0 Å². The molecular weight excluding hydrogens is 268 g/mol. The number of hydrogen-bond acceptors (Lipinski definition) is 4. The Morgan fingerprint density at radius 1 is 1.35 bits per heavy atom. The molecule has 5 heteroatoms. The van der Waals surface area contributed by atoms with E-state index in [1.807, 2.05) is 11.6 Å². The summed E-state index contributed by atoms with van der Waals surface area (Å²) < 4.78 is 2.04. The van der Waals surface area contributed by atoms with E-state index >= 15 is 0 Å². The van der Waals surface area contributed by atoms with Crippen molar-refractivity contribution in [1.82, 2.24) is 9.78 Å². The maximum Gasteiger partial charge on any atom is 0.151 e. The average molecular weight is 292 g/mol. The number of aromatic nitrogens is 2. The van der Waals surface area contributed by atoms with Crippen molar-refractivity contribution in [1.29, 1.82) is 0 Å². The predicted molar refractivity (Wildman–Crippen MR) is 87.4 cm³/mol. The molecule has 0 bridgehead atoms. The summed E-state index contributed by atoms with van der Waals surface area (Å²) in [6.07, 6.45) is 0. The van der Waals surface area contributed by atoms with Gasteiger partial charge in [-0.25, -0.2) is 4.68 Å². The first kappa shape index (κ1) is 14.9. The van der Waals surface area contributed by atoms with Crippen molar-refractivity contribution in [2.75, 3.05) is 10.6 Å². The Morgan fingerprint density at radius 3 is 2.55 bits per heavy atom. The maximum atomic E-state index is 6.29. The minimum Gasteiger partial charge on any atom is -0.394 e. The van der Waals surface area contributed by atoms with Gasteiger partial charge in [0.2, 0.25) is 0 Å². The molecular formula is C15H24N4S. The molecule has 0 radical (unpaired) electrons. The highest BCUT2D eigenvalue weighted by Crippen LogP contribution is 2.32. The fraction of sp³-hybridized carbons (Fsp3) is 0.533. The Bertz CT molecular complexity index is 555. The lowest BCUT2D eigenvalue weighted by Gasteiger charge is -2.30. The summed E-state index contributed by atoms with van der Waals surface area (Å²) in [5.41, 5.74) is 7.99. The van der Waals surface area contributed by atoms with E-state index in [0.717, 1.165) is 23.7 Å². The number of rotatable bonds is 5. The van der Waals surface area contributed by atoms with Crippen molar-refractivity contribution < 1.29 is 0 Å². The summed E-state index contributed by atoms with van der Waals surface area (Å²) in [4.78, 5) is 3.67. The molecule has 0 spiro atoms. The van der Waals surface area contributed by atoms with Crippen molar-refractivity contribution >= 4 is 22.8 Å². The summed E-state index contributed by atoms with van der Waals surface area (Å²) in [7, 11) is 0. The monoisotopic (exact) mass is 292 g/mol. The van der Waals surface area contributed by atoms with Gasteiger partial charge in [0, 0.05) is 17.0 Å². The number of aryl methyl sites for hydroxylation is 1. The van der Waals surface area contributed by atoms with Crippen LogP contribution in [0.3, 0.4) is 0 Å². The molecule has 2 heterocycles. The van der Waals surface area contributed by atoms with E-state index in [1.54, 1.807) is 11.3 Å². The first-order chi connectivity index (χ1) is 9.41. The molecule has 2 aromatic rings. The molecule has 2 aromatic heterocycles. The molecule has 0 amide bonds. The fourth-order valence-electron chi connectivity index (χ4n) is 2.27. The summed E-state index contributed by atoms with van der Waals surface area (Å²) in [6, 6.07) is 4.92. The molecule has 0 aliphatic heterocycles. The molecule has 20 heavy (non-hydrogen) atoms. The van der Waals surface area contributed by atoms with Crippen LogP contribution in [0.25, 0.3) is 0 Å². The van der Waals surface area contributed by atoms with Crippen LogP contribution in [-0.2, 0) is 6.54 Å². The minimum absolute atomic E-state index is 0.297. The number of nitrogen functional groups attached to an aromatic ring is 1. The van der Waals surface area contributed by atoms with Crippen LogP contribution < -0.4 is 10.6 Å². The van der Waals surface area contributed by atoms with Crippen LogP contribution >= 0.6 is 11.3 Å². The van der Waals surface area contributed by atoms with Crippen LogP contribution in [0.5, 0.6) is 0 Å². The van der Waals surface area contributed by atoms with Gasteiger partial charge in [0.05, 0.1) is 17.9 Å². The SMILES string of the molecule is Cc1nn(C(C)C)c(N(Cc2cccs2)C(C)C)c1N. The van der Waals surface area contributed by atoms with E-state index in [0.29, 0.717) is 12.1 Å². The lowest BCUT2D eigenvalue weighted by Crippen LogP contribution is -2.32. The molecule has 0 aliphatic rings. The standard InChI is InChI=1S/C15H24N4S/c1-10(2)18(9-13-7-6-8-20-13)15-14(16)12(5)17-19(15)11(3)4/h6-8,10-11H,9,16H2,1-5H3. The van der Waals surface area contributed by atoms with Gasteiger partial charge in [-0.2, -0.15) is 5.10 Å². The van der Waals surface area contributed by atoms with Gasteiger partial charge >= 0.3 is 0 Å². The highest BCUT2D eigenvalue weighted by molar-refractivity contribution is 7.09. The molecule has 0 saturated carbocycles.